The predicted octanol–water partition coefficient (Wildman–Crippen LogP) is 5.75. The molecule has 0 bridgehead atoms. The van der Waals surface area contributed by atoms with E-state index >= 15 is 13.2 Å². The van der Waals surface area contributed by atoms with E-state index in [1.54, 1.807) is 29.2 Å². The van der Waals surface area contributed by atoms with Crippen molar-refractivity contribution in [2.45, 2.75) is 89.6 Å². The molecule has 0 spiro atoms. The van der Waals surface area contributed by atoms with Crippen LogP contribution in [0.3, 0.4) is 0 Å². The highest BCUT2D eigenvalue weighted by Crippen LogP contribution is 2.38. The molecule has 1 atom stereocenters. The Bertz CT molecular complexity index is 2730. The van der Waals surface area contributed by atoms with Crippen molar-refractivity contribution < 1.29 is 32.3 Å². The van der Waals surface area contributed by atoms with E-state index in [4.69, 9.17) is 5.10 Å². The minimum atomic E-state index is -1.45. The summed E-state index contributed by atoms with van der Waals surface area (Å²) in [5.74, 6) is -1.14. The Labute approximate surface area is 367 Å². The third-order valence-corrected chi connectivity index (χ3v) is 13.8. The number of hydrogen-bond acceptors (Lipinski definition) is 10. The fraction of sp³-hybridized carbons (Fsp3) is 0.426. The number of amides is 4. The van der Waals surface area contributed by atoms with E-state index in [1.165, 1.54) is 11.0 Å². The molecule has 64 heavy (non-hydrogen) atoms. The summed E-state index contributed by atoms with van der Waals surface area (Å²) in [6.07, 6.45) is 6.17. The first-order valence-electron chi connectivity index (χ1n) is 22.1. The smallest absolute Gasteiger partial charge is 0.255 e. The maximum Gasteiger partial charge on any atom is 0.255 e. The van der Waals surface area contributed by atoms with Gasteiger partial charge in [0, 0.05) is 128 Å². The van der Waals surface area contributed by atoms with E-state index in [2.05, 4.69) is 25.5 Å². The van der Waals surface area contributed by atoms with Crippen molar-refractivity contribution in [2.75, 3.05) is 49.5 Å². The molecule has 0 aliphatic carbocycles. The molecule has 2 N–H and O–H groups in total. The number of rotatable bonds is 8. The molecule has 3 fully saturated rings. The first-order valence-corrected chi connectivity index (χ1v) is 22.1. The third-order valence-electron chi connectivity index (χ3n) is 13.8. The Kier molecular flexibility index (Phi) is 10.6. The number of likely N-dealkylation sites (tertiary alicyclic amines) is 1. The number of alkyl halides is 1. The summed E-state index contributed by atoms with van der Waals surface area (Å²) in [4.78, 5) is 67.0. The van der Waals surface area contributed by atoms with Crippen LogP contribution in [0.25, 0.3) is 21.9 Å². The highest BCUT2D eigenvalue weighted by molar-refractivity contribution is 6.05. The van der Waals surface area contributed by atoms with Crippen molar-refractivity contribution >= 4 is 51.7 Å². The third kappa shape index (κ3) is 7.83. The summed E-state index contributed by atoms with van der Waals surface area (Å²) < 4.78 is 49.3. The zero-order valence-corrected chi connectivity index (χ0v) is 35.8. The topological polar surface area (TPSA) is 149 Å². The number of pyridine rings is 2. The number of anilines is 3. The van der Waals surface area contributed by atoms with Crippen LogP contribution in [0, 0.1) is 25.5 Å². The second kappa shape index (κ2) is 16.3. The normalized spacial score (nSPS) is 20.7. The number of halogens is 3. The van der Waals surface area contributed by atoms with Gasteiger partial charge in [0.05, 0.1) is 12.2 Å². The Morgan fingerprint density at radius 3 is 2.36 bits per heavy atom. The number of carbonyl (C=O) groups excluding carboxylic acids is 4. The van der Waals surface area contributed by atoms with Gasteiger partial charge in [-0.25, -0.2) is 18.2 Å². The summed E-state index contributed by atoms with van der Waals surface area (Å²) in [5, 5.41) is 11.7. The summed E-state index contributed by atoms with van der Waals surface area (Å²) in [6, 6.07) is 11.4. The van der Waals surface area contributed by atoms with Crippen LogP contribution in [0.5, 0.6) is 0 Å². The van der Waals surface area contributed by atoms with Crippen molar-refractivity contribution in [1.29, 1.82) is 0 Å². The molecule has 17 heteroatoms. The lowest BCUT2D eigenvalue weighted by molar-refractivity contribution is -0.137. The van der Waals surface area contributed by atoms with Crippen LogP contribution in [-0.2, 0) is 33.9 Å². The maximum atomic E-state index is 16.4. The zero-order valence-electron chi connectivity index (χ0n) is 35.8. The molecule has 5 aliphatic heterocycles. The fourth-order valence-electron chi connectivity index (χ4n) is 10.3. The molecule has 2 aromatic carbocycles. The molecule has 5 aliphatic rings. The monoisotopic (exact) mass is 874 g/mol. The Hall–Kier alpha value is -6.36. The highest BCUT2D eigenvalue weighted by Gasteiger charge is 2.43. The highest BCUT2D eigenvalue weighted by atomic mass is 19.1. The lowest BCUT2D eigenvalue weighted by Crippen LogP contribution is -2.53. The molecule has 4 amide bonds. The van der Waals surface area contributed by atoms with Gasteiger partial charge in [0.2, 0.25) is 17.7 Å². The second-order valence-corrected chi connectivity index (χ2v) is 18.0. The van der Waals surface area contributed by atoms with E-state index in [-0.39, 0.29) is 80.1 Å². The quantitative estimate of drug-likeness (QED) is 0.185. The van der Waals surface area contributed by atoms with Crippen LogP contribution < -0.4 is 15.5 Å². The summed E-state index contributed by atoms with van der Waals surface area (Å²) in [7, 11) is 0. The maximum absolute atomic E-state index is 16.4. The molecule has 3 saturated heterocycles. The van der Waals surface area contributed by atoms with Gasteiger partial charge in [-0.05, 0) is 80.5 Å². The van der Waals surface area contributed by atoms with E-state index in [9.17, 15) is 19.2 Å². The van der Waals surface area contributed by atoms with E-state index in [0.717, 1.165) is 40.7 Å². The van der Waals surface area contributed by atoms with Gasteiger partial charge in [-0.1, -0.05) is 0 Å². The fourth-order valence-corrected chi connectivity index (χ4v) is 10.3. The van der Waals surface area contributed by atoms with Crippen molar-refractivity contribution in [1.82, 2.24) is 39.8 Å². The number of aryl methyl sites for hydroxylation is 2. The van der Waals surface area contributed by atoms with Crippen LogP contribution >= 0.6 is 0 Å². The second-order valence-electron chi connectivity index (χ2n) is 18.0. The van der Waals surface area contributed by atoms with Crippen LogP contribution in [0.1, 0.15) is 71.4 Å². The van der Waals surface area contributed by atoms with Gasteiger partial charge >= 0.3 is 0 Å². The zero-order chi connectivity index (χ0) is 44.4. The molecule has 5 aromatic rings. The SMILES string of the molecule is Cc1cc(C)c(-c2cc3cc(Nc4cc5n(n4)CC(=O)N(C4CCN(CC6(F)CCN(c7ccc8c(c7F)CN(C7CCC(=O)NC7=O)C8=O)CC6)CC4)CC5)ncc3cc2F)cn1. The van der Waals surface area contributed by atoms with Gasteiger partial charge in [0.15, 0.2) is 11.6 Å². The van der Waals surface area contributed by atoms with Crippen LogP contribution in [0.4, 0.5) is 30.5 Å². The minimum Gasteiger partial charge on any atom is -0.369 e. The summed E-state index contributed by atoms with van der Waals surface area (Å²) in [5.41, 5.74) is 3.24. The largest absolute Gasteiger partial charge is 0.369 e. The van der Waals surface area contributed by atoms with Gasteiger partial charge < -0.3 is 24.9 Å². The average Bonchev–Trinajstić information content (AvgIpc) is 3.76. The number of nitrogens with zero attached hydrogens (tertiary/aromatic N) is 8. The Morgan fingerprint density at radius 2 is 1.59 bits per heavy atom. The van der Waals surface area contributed by atoms with Gasteiger partial charge in [-0.3, -0.25) is 34.2 Å². The van der Waals surface area contributed by atoms with E-state index < -0.39 is 29.3 Å². The number of nitrogens with one attached hydrogen (secondary N) is 2. The molecular formula is C47H49F3N10O4. The lowest BCUT2D eigenvalue weighted by Gasteiger charge is -2.43. The first-order chi connectivity index (χ1) is 30.8. The first kappa shape index (κ1) is 41.6. The van der Waals surface area contributed by atoms with Crippen molar-refractivity contribution in [3.8, 4) is 11.1 Å². The van der Waals surface area contributed by atoms with Crippen LogP contribution in [-0.4, -0.2) is 115 Å². The molecule has 10 rings (SSSR count). The summed E-state index contributed by atoms with van der Waals surface area (Å²) >= 11 is 0. The number of hydrogen-bond donors (Lipinski definition) is 2. The van der Waals surface area contributed by atoms with Crippen LogP contribution in [0.2, 0.25) is 0 Å². The van der Waals surface area contributed by atoms with E-state index in [1.807, 2.05) is 47.9 Å². The number of carbonyl (C=O) groups is 4. The number of benzene rings is 2. The van der Waals surface area contributed by atoms with Gasteiger partial charge in [0.1, 0.15) is 29.9 Å². The van der Waals surface area contributed by atoms with Crippen molar-refractivity contribution in [2.24, 2.45) is 0 Å². The summed E-state index contributed by atoms with van der Waals surface area (Å²) in [6.45, 7) is 6.66. The lowest BCUT2D eigenvalue weighted by atomic mass is 9.91. The van der Waals surface area contributed by atoms with Crippen molar-refractivity contribution in [3.05, 3.63) is 94.6 Å². The minimum absolute atomic E-state index is 0.00714. The van der Waals surface area contributed by atoms with Gasteiger partial charge in [-0.2, -0.15) is 5.10 Å². The molecular weight excluding hydrogens is 826 g/mol. The number of fused-ring (bicyclic) bond motifs is 3. The Morgan fingerprint density at radius 1 is 0.797 bits per heavy atom. The van der Waals surface area contributed by atoms with Gasteiger partial charge in [-0.15, -0.1) is 0 Å². The molecule has 1 unspecified atom stereocenters. The number of piperidine rings is 3. The molecule has 8 heterocycles. The molecule has 14 nitrogen and oxygen atoms in total. The molecule has 332 valence electrons. The van der Waals surface area contributed by atoms with E-state index in [0.29, 0.717) is 67.4 Å². The van der Waals surface area contributed by atoms with Gasteiger partial charge in [0.25, 0.3) is 5.91 Å². The van der Waals surface area contributed by atoms with Crippen molar-refractivity contribution in [3.63, 3.8) is 0 Å². The van der Waals surface area contributed by atoms with Crippen LogP contribution in [0.15, 0.2) is 54.9 Å². The predicted molar refractivity (Wildman–Crippen MR) is 233 cm³/mol. The Balaban J connectivity index is 0.715. The number of aromatic nitrogens is 4. The molecule has 0 saturated carbocycles. The standard InChI is InChI=1S/C47H49F3N10O4/c1-27-17-28(2)51-23-35(27)34-18-29-20-40(52-22-30(29)19-37(34)48)53-41-21-32-9-14-58(43(62)25-60(32)55-41)31-7-12-56(13-8-31)26-47(50)10-15-57(16-11-47)38-4-3-33-36(44(38)49)24-59(46(33)64)39-5-6-42(61)54-45(39)63/h3-4,17-23,31,39H,5-16,24-26H2,1-2H3,(H,52,53,55)(H,54,61,63). The molecule has 3 aromatic heterocycles. The molecule has 0 radical (unpaired) electrons. The number of imide groups is 1. The average molecular weight is 875 g/mol.